The SMILES string of the molecule is C#CC[C@H](OC(C)=O)[C@@H]1OC(C)(C)O[C@@H]1C=C. The minimum absolute atomic E-state index is 0.286. The normalized spacial score (nSPS) is 28.1. The standard InChI is InChI=1S/C13H18O4/c1-6-8-11(15-9(3)14)12-10(7-2)16-13(4,5)17-12/h1,7,10-12H,2,8H2,3-5H3/t10-,11+,12-/m1/s1. The van der Waals surface area contributed by atoms with Crippen LogP contribution >= 0.6 is 0 Å². The van der Waals surface area contributed by atoms with Gasteiger partial charge in [-0.1, -0.05) is 6.08 Å². The van der Waals surface area contributed by atoms with E-state index in [9.17, 15) is 4.79 Å². The van der Waals surface area contributed by atoms with E-state index in [2.05, 4.69) is 12.5 Å². The zero-order chi connectivity index (χ0) is 13.1. The van der Waals surface area contributed by atoms with Gasteiger partial charge in [0.05, 0.1) is 0 Å². The summed E-state index contributed by atoms with van der Waals surface area (Å²) in [6.07, 6.45) is 5.92. The van der Waals surface area contributed by atoms with E-state index in [-0.39, 0.29) is 18.5 Å². The maximum atomic E-state index is 11.0. The van der Waals surface area contributed by atoms with Crippen molar-refractivity contribution in [3.8, 4) is 12.3 Å². The quantitative estimate of drug-likeness (QED) is 0.424. The third-order valence-corrected chi connectivity index (χ3v) is 2.40. The molecule has 0 saturated carbocycles. The number of esters is 1. The number of carbonyl (C=O) groups is 1. The van der Waals surface area contributed by atoms with Crippen LogP contribution < -0.4 is 0 Å². The lowest BCUT2D eigenvalue weighted by molar-refractivity contribution is -0.168. The van der Waals surface area contributed by atoms with Gasteiger partial charge in [-0.05, 0) is 13.8 Å². The number of hydrogen-bond acceptors (Lipinski definition) is 4. The Hall–Kier alpha value is -1.31. The molecule has 3 atom stereocenters. The van der Waals surface area contributed by atoms with E-state index in [1.54, 1.807) is 19.9 Å². The Morgan fingerprint density at radius 2 is 2.29 bits per heavy atom. The number of terminal acetylenes is 1. The first-order valence-corrected chi connectivity index (χ1v) is 5.48. The van der Waals surface area contributed by atoms with Gasteiger partial charge in [0.25, 0.3) is 0 Å². The maximum absolute atomic E-state index is 11.0. The van der Waals surface area contributed by atoms with E-state index in [1.807, 2.05) is 0 Å². The zero-order valence-corrected chi connectivity index (χ0v) is 10.4. The molecule has 4 nitrogen and oxygen atoms in total. The van der Waals surface area contributed by atoms with Crippen LogP contribution in [0.2, 0.25) is 0 Å². The first kappa shape index (κ1) is 13.8. The van der Waals surface area contributed by atoms with E-state index in [0.717, 1.165) is 0 Å². The molecule has 4 heteroatoms. The van der Waals surface area contributed by atoms with Gasteiger partial charge in [0.2, 0.25) is 0 Å². The summed E-state index contributed by atoms with van der Waals surface area (Å²) in [5, 5.41) is 0. The van der Waals surface area contributed by atoms with E-state index in [0.29, 0.717) is 0 Å². The Bertz CT molecular complexity index is 340. The lowest BCUT2D eigenvalue weighted by atomic mass is 10.1. The van der Waals surface area contributed by atoms with Crippen molar-refractivity contribution < 1.29 is 19.0 Å². The summed E-state index contributed by atoms with van der Waals surface area (Å²) in [6, 6.07) is 0. The van der Waals surface area contributed by atoms with Crippen molar-refractivity contribution in [2.75, 3.05) is 0 Å². The van der Waals surface area contributed by atoms with Gasteiger partial charge in [0, 0.05) is 13.3 Å². The summed E-state index contributed by atoms with van der Waals surface area (Å²) in [6.45, 7) is 8.62. The van der Waals surface area contributed by atoms with Gasteiger partial charge in [0.15, 0.2) is 5.79 Å². The maximum Gasteiger partial charge on any atom is 0.303 e. The zero-order valence-electron chi connectivity index (χ0n) is 10.4. The molecule has 17 heavy (non-hydrogen) atoms. The van der Waals surface area contributed by atoms with Crippen molar-refractivity contribution in [3.05, 3.63) is 12.7 Å². The van der Waals surface area contributed by atoms with Crippen molar-refractivity contribution >= 4 is 5.97 Å². The number of ether oxygens (including phenoxy) is 3. The van der Waals surface area contributed by atoms with Crippen molar-refractivity contribution in [1.82, 2.24) is 0 Å². The Morgan fingerprint density at radius 3 is 2.76 bits per heavy atom. The molecule has 1 fully saturated rings. The predicted octanol–water partition coefficient (Wildman–Crippen LogP) is 1.65. The molecule has 0 aromatic heterocycles. The van der Waals surface area contributed by atoms with Crippen LogP contribution in [0.1, 0.15) is 27.2 Å². The van der Waals surface area contributed by atoms with Gasteiger partial charge in [0.1, 0.15) is 18.3 Å². The van der Waals surface area contributed by atoms with Gasteiger partial charge in [-0.2, -0.15) is 0 Å². The molecular formula is C13H18O4. The summed E-state index contributed by atoms with van der Waals surface area (Å²) in [5.41, 5.74) is 0. The highest BCUT2D eigenvalue weighted by Crippen LogP contribution is 2.32. The molecule has 0 unspecified atom stereocenters. The summed E-state index contributed by atoms with van der Waals surface area (Å²) < 4.78 is 16.5. The lowest BCUT2D eigenvalue weighted by Crippen LogP contribution is -2.37. The fourth-order valence-corrected chi connectivity index (χ4v) is 1.84. The first-order chi connectivity index (χ1) is 7.89. The molecule has 0 aromatic carbocycles. The second-order valence-corrected chi connectivity index (χ2v) is 4.36. The molecule has 1 aliphatic heterocycles. The summed E-state index contributed by atoms with van der Waals surface area (Å²) >= 11 is 0. The first-order valence-electron chi connectivity index (χ1n) is 5.48. The highest BCUT2D eigenvalue weighted by Gasteiger charge is 2.44. The molecular weight excluding hydrogens is 220 g/mol. The Kier molecular flexibility index (Phi) is 4.33. The van der Waals surface area contributed by atoms with Gasteiger partial charge in [-0.3, -0.25) is 4.79 Å². The summed E-state index contributed by atoms with van der Waals surface area (Å²) in [5.74, 6) is 1.36. The van der Waals surface area contributed by atoms with Crippen LogP contribution in [0.25, 0.3) is 0 Å². The second-order valence-electron chi connectivity index (χ2n) is 4.36. The molecule has 1 heterocycles. The molecule has 0 spiro atoms. The van der Waals surface area contributed by atoms with Gasteiger partial charge < -0.3 is 14.2 Å². The van der Waals surface area contributed by atoms with Crippen LogP contribution in [0, 0.1) is 12.3 Å². The highest BCUT2D eigenvalue weighted by atomic mass is 16.8. The van der Waals surface area contributed by atoms with Gasteiger partial charge in [-0.25, -0.2) is 0 Å². The lowest BCUT2D eigenvalue weighted by Gasteiger charge is -2.23. The van der Waals surface area contributed by atoms with Gasteiger partial charge in [-0.15, -0.1) is 18.9 Å². The van der Waals surface area contributed by atoms with Crippen molar-refractivity contribution in [2.45, 2.75) is 51.3 Å². The average Bonchev–Trinajstić information content (AvgIpc) is 2.52. The minimum Gasteiger partial charge on any atom is -0.459 e. The fraction of sp³-hybridized carbons (Fsp3) is 0.615. The van der Waals surface area contributed by atoms with Crippen LogP contribution in [0.3, 0.4) is 0 Å². The molecule has 0 aliphatic carbocycles. The number of rotatable bonds is 4. The Balaban J connectivity index is 2.82. The number of carbonyl (C=O) groups excluding carboxylic acids is 1. The molecule has 0 amide bonds. The van der Waals surface area contributed by atoms with Gasteiger partial charge >= 0.3 is 5.97 Å². The molecule has 0 N–H and O–H groups in total. The van der Waals surface area contributed by atoms with E-state index < -0.39 is 18.0 Å². The molecule has 1 aliphatic rings. The smallest absolute Gasteiger partial charge is 0.303 e. The van der Waals surface area contributed by atoms with Crippen molar-refractivity contribution in [1.29, 1.82) is 0 Å². The largest absolute Gasteiger partial charge is 0.459 e. The van der Waals surface area contributed by atoms with Crippen LogP contribution in [-0.2, 0) is 19.0 Å². The van der Waals surface area contributed by atoms with Crippen molar-refractivity contribution in [2.24, 2.45) is 0 Å². The van der Waals surface area contributed by atoms with Crippen molar-refractivity contribution in [3.63, 3.8) is 0 Å². The Labute approximate surface area is 102 Å². The van der Waals surface area contributed by atoms with E-state index in [1.165, 1.54) is 6.92 Å². The van der Waals surface area contributed by atoms with E-state index >= 15 is 0 Å². The fourth-order valence-electron chi connectivity index (χ4n) is 1.84. The van der Waals surface area contributed by atoms with Crippen LogP contribution in [-0.4, -0.2) is 30.1 Å². The third-order valence-electron chi connectivity index (χ3n) is 2.40. The van der Waals surface area contributed by atoms with Crippen LogP contribution in [0.15, 0.2) is 12.7 Å². The molecule has 0 radical (unpaired) electrons. The predicted molar refractivity (Wildman–Crippen MR) is 63.0 cm³/mol. The van der Waals surface area contributed by atoms with Crippen LogP contribution in [0.4, 0.5) is 0 Å². The highest BCUT2D eigenvalue weighted by molar-refractivity contribution is 5.66. The minimum atomic E-state index is -0.726. The second kappa shape index (κ2) is 5.35. The average molecular weight is 238 g/mol. The molecule has 0 bridgehead atoms. The van der Waals surface area contributed by atoms with E-state index in [4.69, 9.17) is 20.6 Å². The third kappa shape index (κ3) is 3.58. The summed E-state index contributed by atoms with van der Waals surface area (Å²) in [4.78, 5) is 11.0. The molecule has 94 valence electrons. The molecule has 1 saturated heterocycles. The molecule has 0 aromatic rings. The Morgan fingerprint density at radius 1 is 1.65 bits per heavy atom. The monoisotopic (exact) mass is 238 g/mol. The van der Waals surface area contributed by atoms with Crippen LogP contribution in [0.5, 0.6) is 0 Å². The number of hydrogen-bond donors (Lipinski definition) is 0. The molecule has 1 rings (SSSR count). The summed E-state index contributed by atoms with van der Waals surface area (Å²) in [7, 11) is 0. The topological polar surface area (TPSA) is 44.8 Å².